The van der Waals surface area contributed by atoms with Crippen LogP contribution in [0.1, 0.15) is 27.7 Å². The molecule has 3 N–H and O–H groups in total. The lowest BCUT2D eigenvalue weighted by Crippen LogP contribution is -2.68. The zero-order chi connectivity index (χ0) is 19.7. The van der Waals surface area contributed by atoms with Gasteiger partial charge in [0.1, 0.15) is 11.6 Å². The number of hydrogen-bond acceptors (Lipinski definition) is 6. The summed E-state index contributed by atoms with van der Waals surface area (Å²) >= 11 is 0. The van der Waals surface area contributed by atoms with Crippen molar-refractivity contribution in [2.24, 2.45) is 5.92 Å². The van der Waals surface area contributed by atoms with Crippen LogP contribution in [-0.2, 0) is 14.4 Å². The Kier molecular flexibility index (Phi) is 5.02. The first-order chi connectivity index (χ1) is 12.8. The normalized spacial score (nSPS) is 24.9. The molecule has 0 bridgehead atoms. The van der Waals surface area contributed by atoms with Crippen LogP contribution >= 0.6 is 0 Å². The Labute approximate surface area is 157 Å². The van der Waals surface area contributed by atoms with Crippen molar-refractivity contribution in [1.29, 1.82) is 0 Å². The zero-order valence-corrected chi connectivity index (χ0v) is 15.8. The van der Waals surface area contributed by atoms with Crippen molar-refractivity contribution in [3.63, 3.8) is 0 Å². The molecule has 0 fully saturated rings. The van der Waals surface area contributed by atoms with Gasteiger partial charge in [0.15, 0.2) is 12.0 Å². The minimum Gasteiger partial charge on any atom is -0.365 e. The van der Waals surface area contributed by atoms with Gasteiger partial charge in [-0.05, 0) is 26.0 Å². The molecule has 3 amide bonds. The van der Waals surface area contributed by atoms with E-state index in [0.717, 1.165) is 0 Å². The lowest BCUT2D eigenvalue weighted by molar-refractivity contribution is -0.128. The Morgan fingerprint density at radius 3 is 2.63 bits per heavy atom. The molecule has 27 heavy (non-hydrogen) atoms. The minimum absolute atomic E-state index is 0.0721. The lowest BCUT2D eigenvalue weighted by Gasteiger charge is -2.46. The summed E-state index contributed by atoms with van der Waals surface area (Å²) in [4.78, 5) is 44.3. The molecule has 0 unspecified atom stereocenters. The van der Waals surface area contributed by atoms with Crippen molar-refractivity contribution < 1.29 is 14.4 Å². The van der Waals surface area contributed by atoms with Gasteiger partial charge in [0.2, 0.25) is 12.3 Å². The number of rotatable bonds is 4. The highest BCUT2D eigenvalue weighted by Gasteiger charge is 2.44. The van der Waals surface area contributed by atoms with Crippen molar-refractivity contribution >= 4 is 24.0 Å². The summed E-state index contributed by atoms with van der Waals surface area (Å²) in [5.41, 5.74) is 0.205. The molecule has 0 aliphatic carbocycles. The predicted molar refractivity (Wildman–Crippen MR) is 98.6 cm³/mol. The molecule has 9 heteroatoms. The van der Waals surface area contributed by atoms with Crippen LogP contribution in [0.2, 0.25) is 0 Å². The number of amides is 3. The molecule has 144 valence electrons. The first-order valence-corrected chi connectivity index (χ1v) is 8.91. The Bertz CT molecular complexity index is 779. The second-order valence-corrected chi connectivity index (χ2v) is 6.98. The van der Waals surface area contributed by atoms with Crippen molar-refractivity contribution in [2.45, 2.75) is 46.1 Å². The van der Waals surface area contributed by atoms with Crippen molar-refractivity contribution in [2.75, 3.05) is 4.90 Å². The van der Waals surface area contributed by atoms with Crippen molar-refractivity contribution in [3.8, 4) is 0 Å². The molecule has 0 radical (unpaired) electrons. The van der Waals surface area contributed by atoms with Crippen LogP contribution in [0.25, 0.3) is 0 Å². The van der Waals surface area contributed by atoms with E-state index >= 15 is 0 Å². The monoisotopic (exact) mass is 372 g/mol. The van der Waals surface area contributed by atoms with Crippen LogP contribution in [0.4, 0.5) is 5.82 Å². The second kappa shape index (κ2) is 7.26. The molecule has 0 saturated heterocycles. The predicted octanol–water partition coefficient (Wildman–Crippen LogP) is 0.0813. The fraction of sp³-hybridized carbons (Fsp3) is 0.444. The van der Waals surface area contributed by atoms with Gasteiger partial charge in [0.05, 0.1) is 6.04 Å². The molecule has 1 aromatic heterocycles. The molecule has 0 spiro atoms. The largest absolute Gasteiger partial charge is 0.365 e. The maximum absolute atomic E-state index is 13.3. The summed E-state index contributed by atoms with van der Waals surface area (Å²) in [7, 11) is 0. The number of carbonyl (C=O) groups is 3. The lowest BCUT2D eigenvalue weighted by atomic mass is 10.0. The maximum Gasteiger partial charge on any atom is 0.283 e. The average Bonchev–Trinajstić information content (AvgIpc) is 2.64. The Morgan fingerprint density at radius 2 is 2.04 bits per heavy atom. The molecule has 3 heterocycles. The van der Waals surface area contributed by atoms with E-state index in [1.807, 2.05) is 13.8 Å². The third-order valence-corrected chi connectivity index (χ3v) is 4.80. The van der Waals surface area contributed by atoms with Crippen molar-refractivity contribution in [3.05, 3.63) is 35.9 Å². The third kappa shape index (κ3) is 3.32. The highest BCUT2D eigenvalue weighted by atomic mass is 16.2. The van der Waals surface area contributed by atoms with E-state index in [1.165, 1.54) is 9.80 Å². The van der Waals surface area contributed by atoms with Gasteiger partial charge in [-0.15, -0.1) is 0 Å². The molecular formula is C18H24N6O3. The maximum atomic E-state index is 13.3. The van der Waals surface area contributed by atoms with Gasteiger partial charge in [-0.3, -0.25) is 19.3 Å². The fourth-order valence-corrected chi connectivity index (χ4v) is 3.03. The molecule has 3 rings (SSSR count). The van der Waals surface area contributed by atoms with Crippen LogP contribution in [-0.4, -0.2) is 46.5 Å². The smallest absolute Gasteiger partial charge is 0.283 e. The molecular weight excluding hydrogens is 348 g/mol. The average molecular weight is 372 g/mol. The van der Waals surface area contributed by atoms with Crippen LogP contribution in [0, 0.1) is 5.92 Å². The van der Waals surface area contributed by atoms with E-state index in [-0.39, 0.29) is 29.6 Å². The van der Waals surface area contributed by atoms with Gasteiger partial charge >= 0.3 is 0 Å². The summed E-state index contributed by atoms with van der Waals surface area (Å²) < 4.78 is 0. The van der Waals surface area contributed by atoms with E-state index in [0.29, 0.717) is 18.0 Å². The summed E-state index contributed by atoms with van der Waals surface area (Å²) in [6.45, 7) is 7.32. The van der Waals surface area contributed by atoms with Gasteiger partial charge in [0.25, 0.3) is 5.91 Å². The molecule has 1 aromatic rings. The number of hydrogen-bond donors (Lipinski definition) is 3. The number of anilines is 1. The van der Waals surface area contributed by atoms with Gasteiger partial charge in [-0.25, -0.2) is 4.98 Å². The van der Waals surface area contributed by atoms with Crippen LogP contribution in [0.5, 0.6) is 0 Å². The molecule has 9 nitrogen and oxygen atoms in total. The van der Waals surface area contributed by atoms with Gasteiger partial charge in [0, 0.05) is 18.2 Å². The van der Waals surface area contributed by atoms with Crippen LogP contribution < -0.4 is 20.9 Å². The number of carbonyl (C=O) groups excluding carboxylic acids is 3. The highest BCUT2D eigenvalue weighted by molar-refractivity contribution is 6.08. The number of pyridine rings is 1. The Morgan fingerprint density at radius 1 is 1.30 bits per heavy atom. The van der Waals surface area contributed by atoms with E-state index in [2.05, 4.69) is 20.9 Å². The Hall–Kier alpha value is -3.10. The SMILES string of the molecule is CC(C)C(=O)N[C@@H]1NC2=C(C(=O)N1c1ccccn1)N(C=O)[C@H](C)[C@@H](C)N2. The van der Waals surface area contributed by atoms with E-state index < -0.39 is 12.2 Å². The van der Waals surface area contributed by atoms with Gasteiger partial charge < -0.3 is 20.9 Å². The summed E-state index contributed by atoms with van der Waals surface area (Å²) in [5.74, 6) is -0.108. The summed E-state index contributed by atoms with van der Waals surface area (Å²) in [6.07, 6.45) is 1.39. The van der Waals surface area contributed by atoms with Crippen molar-refractivity contribution in [1.82, 2.24) is 25.8 Å². The van der Waals surface area contributed by atoms with Gasteiger partial charge in [-0.1, -0.05) is 19.9 Å². The quantitative estimate of drug-likeness (QED) is 0.647. The summed E-state index contributed by atoms with van der Waals surface area (Å²) in [6, 6.07) is 4.88. The van der Waals surface area contributed by atoms with Gasteiger partial charge in [-0.2, -0.15) is 0 Å². The standard InChI is InChI=1S/C18H24N6O3/c1-10(2)16(26)22-18-21-15-14(23(9-25)12(4)11(3)20-15)17(27)24(18)13-7-5-6-8-19-13/h5-12,18,20-21H,1-4H3,(H,22,26)/t11-,12-,18+/m1/s1. The minimum atomic E-state index is -0.831. The fourth-order valence-electron chi connectivity index (χ4n) is 3.03. The Balaban J connectivity index is 2.05. The van der Waals surface area contributed by atoms with E-state index in [4.69, 9.17) is 0 Å². The summed E-state index contributed by atoms with van der Waals surface area (Å²) in [5, 5.41) is 9.18. The van der Waals surface area contributed by atoms with Crippen LogP contribution in [0.3, 0.4) is 0 Å². The highest BCUT2D eigenvalue weighted by Crippen LogP contribution is 2.27. The first-order valence-electron chi connectivity index (χ1n) is 8.91. The molecule has 2 aliphatic heterocycles. The molecule has 2 aliphatic rings. The van der Waals surface area contributed by atoms with E-state index in [1.54, 1.807) is 38.2 Å². The first kappa shape index (κ1) is 18.7. The number of aromatic nitrogens is 1. The third-order valence-electron chi connectivity index (χ3n) is 4.80. The van der Waals surface area contributed by atoms with Crippen LogP contribution in [0.15, 0.2) is 35.9 Å². The van der Waals surface area contributed by atoms with E-state index in [9.17, 15) is 14.4 Å². The second-order valence-electron chi connectivity index (χ2n) is 6.98. The number of nitrogens with zero attached hydrogens (tertiary/aromatic N) is 3. The molecule has 3 atom stereocenters. The number of nitrogens with one attached hydrogen (secondary N) is 3. The topological polar surface area (TPSA) is 107 Å². The molecule has 0 aromatic carbocycles. The zero-order valence-electron chi connectivity index (χ0n) is 15.8. The molecule has 0 saturated carbocycles.